The summed E-state index contributed by atoms with van der Waals surface area (Å²) < 4.78 is 13.3. The fourth-order valence-corrected chi connectivity index (χ4v) is 1.11. The van der Waals surface area contributed by atoms with Gasteiger partial charge in [0.2, 0.25) is 0 Å². The zero-order valence-corrected chi connectivity index (χ0v) is 8.73. The molecule has 1 atom stereocenters. The Kier molecular flexibility index (Phi) is 6.04. The lowest BCUT2D eigenvalue weighted by Gasteiger charge is -2.10. The predicted molar refractivity (Wildman–Crippen MR) is 52.7 cm³/mol. The highest BCUT2D eigenvalue weighted by Gasteiger charge is 2.07. The second-order valence-corrected chi connectivity index (χ2v) is 3.44. The van der Waals surface area contributed by atoms with Gasteiger partial charge in [0.25, 0.3) is 0 Å². The van der Waals surface area contributed by atoms with Gasteiger partial charge >= 0.3 is 0 Å². The van der Waals surface area contributed by atoms with Crippen LogP contribution >= 0.6 is 0 Å². The highest BCUT2D eigenvalue weighted by molar-refractivity contribution is 4.98. The smallest absolute Gasteiger partial charge is 0.0990 e. The molecule has 1 unspecified atom stereocenters. The van der Waals surface area contributed by atoms with Crippen molar-refractivity contribution >= 4 is 0 Å². The Labute approximate surface area is 75.9 Å². The Bertz CT molecular complexity index is 134. The molecule has 0 bridgehead atoms. The van der Waals surface area contributed by atoms with E-state index in [9.17, 15) is 4.39 Å². The van der Waals surface area contributed by atoms with Crippen molar-refractivity contribution in [3.05, 3.63) is 11.9 Å². The summed E-state index contributed by atoms with van der Waals surface area (Å²) in [6.45, 7) is 8.17. The molecule has 0 fully saturated rings. The van der Waals surface area contributed by atoms with Crippen molar-refractivity contribution in [2.45, 2.75) is 47.0 Å². The first-order valence-corrected chi connectivity index (χ1v) is 5.02. The van der Waals surface area contributed by atoms with Crippen molar-refractivity contribution in [3.8, 4) is 0 Å². The maximum absolute atomic E-state index is 13.3. The number of allylic oxidation sites excluding steroid dienone is 2. The Morgan fingerprint density at radius 1 is 1.17 bits per heavy atom. The summed E-state index contributed by atoms with van der Waals surface area (Å²) in [6, 6.07) is 0. The molecule has 0 N–H and O–H groups in total. The molecule has 0 heterocycles. The van der Waals surface area contributed by atoms with Gasteiger partial charge in [-0.2, -0.15) is 0 Å². The van der Waals surface area contributed by atoms with Gasteiger partial charge in [-0.1, -0.05) is 27.7 Å². The summed E-state index contributed by atoms with van der Waals surface area (Å²) in [5.41, 5.74) is 0. The lowest BCUT2D eigenvalue weighted by Crippen LogP contribution is -1.98. The third-order valence-electron chi connectivity index (χ3n) is 2.53. The van der Waals surface area contributed by atoms with E-state index in [1.165, 1.54) is 0 Å². The average molecular weight is 172 g/mol. The molecule has 0 aliphatic heterocycles. The largest absolute Gasteiger partial charge is 0.212 e. The summed E-state index contributed by atoms with van der Waals surface area (Å²) in [5, 5.41) is 0. The van der Waals surface area contributed by atoms with Crippen molar-refractivity contribution in [2.75, 3.05) is 0 Å². The molecular weight excluding hydrogens is 151 g/mol. The van der Waals surface area contributed by atoms with E-state index in [2.05, 4.69) is 13.8 Å². The lowest BCUT2D eigenvalue weighted by atomic mass is 9.99. The molecule has 72 valence electrons. The first-order valence-electron chi connectivity index (χ1n) is 5.02. The minimum absolute atomic E-state index is 0.0752. The first kappa shape index (κ1) is 11.7. The Balaban J connectivity index is 4.11. The highest BCUT2D eigenvalue weighted by atomic mass is 19.1. The molecule has 0 aliphatic carbocycles. The van der Waals surface area contributed by atoms with E-state index in [0.29, 0.717) is 5.92 Å². The third kappa shape index (κ3) is 3.89. The van der Waals surface area contributed by atoms with Crippen LogP contribution in [0.3, 0.4) is 0 Å². The maximum atomic E-state index is 13.3. The van der Waals surface area contributed by atoms with Crippen LogP contribution in [0.4, 0.5) is 4.39 Å². The molecule has 0 aromatic carbocycles. The lowest BCUT2D eigenvalue weighted by molar-refractivity contribution is 0.462. The first-order chi connectivity index (χ1) is 5.65. The summed E-state index contributed by atoms with van der Waals surface area (Å²) in [5.74, 6) is 0.607. The van der Waals surface area contributed by atoms with E-state index in [-0.39, 0.29) is 11.7 Å². The molecule has 0 rings (SSSR count). The van der Waals surface area contributed by atoms with Crippen LogP contribution in [-0.4, -0.2) is 0 Å². The fraction of sp³-hybridized carbons (Fsp3) is 0.818. The molecular formula is C11H21F. The molecule has 0 aromatic heterocycles. The number of halogens is 1. The fourth-order valence-electron chi connectivity index (χ4n) is 1.11. The van der Waals surface area contributed by atoms with Crippen LogP contribution in [0.25, 0.3) is 0 Å². The minimum atomic E-state index is 0.0752. The molecule has 1 heteroatoms. The van der Waals surface area contributed by atoms with Crippen LogP contribution in [-0.2, 0) is 0 Å². The van der Waals surface area contributed by atoms with Crippen LogP contribution in [0.2, 0.25) is 0 Å². The zero-order chi connectivity index (χ0) is 9.56. The van der Waals surface area contributed by atoms with Gasteiger partial charge in [0.05, 0.1) is 5.83 Å². The van der Waals surface area contributed by atoms with Crippen molar-refractivity contribution in [1.29, 1.82) is 0 Å². The Hall–Kier alpha value is -0.330. The van der Waals surface area contributed by atoms with E-state index in [4.69, 9.17) is 0 Å². The van der Waals surface area contributed by atoms with Gasteiger partial charge in [-0.3, -0.25) is 0 Å². The minimum Gasteiger partial charge on any atom is -0.212 e. The molecule has 0 aliphatic rings. The summed E-state index contributed by atoms with van der Waals surface area (Å²) in [7, 11) is 0. The van der Waals surface area contributed by atoms with Gasteiger partial charge in [-0.25, -0.2) is 4.39 Å². The molecule has 0 spiro atoms. The van der Waals surface area contributed by atoms with Crippen LogP contribution in [0.15, 0.2) is 11.9 Å². The topological polar surface area (TPSA) is 0 Å². The van der Waals surface area contributed by atoms with Gasteiger partial charge in [-0.15, -0.1) is 0 Å². The van der Waals surface area contributed by atoms with Crippen LogP contribution in [0.1, 0.15) is 47.0 Å². The predicted octanol–water partition coefficient (Wildman–Crippen LogP) is 4.32. The summed E-state index contributed by atoms with van der Waals surface area (Å²) in [4.78, 5) is 0. The summed E-state index contributed by atoms with van der Waals surface area (Å²) >= 11 is 0. The number of hydrogen-bond donors (Lipinski definition) is 0. The van der Waals surface area contributed by atoms with Gasteiger partial charge < -0.3 is 0 Å². The molecule has 0 radical (unpaired) electrons. The standard InChI is InChI=1S/C11H21F/c1-5-9(4)11(12)8-10(6-2)7-3/h8-10H,5-7H2,1-4H3/b11-8+. The van der Waals surface area contributed by atoms with E-state index < -0.39 is 0 Å². The quantitative estimate of drug-likeness (QED) is 0.579. The van der Waals surface area contributed by atoms with Crippen molar-refractivity contribution in [3.63, 3.8) is 0 Å². The molecule has 0 amide bonds. The van der Waals surface area contributed by atoms with Gasteiger partial charge in [0.15, 0.2) is 0 Å². The summed E-state index contributed by atoms with van der Waals surface area (Å²) in [6.07, 6.45) is 4.78. The third-order valence-corrected chi connectivity index (χ3v) is 2.53. The van der Waals surface area contributed by atoms with E-state index in [1.54, 1.807) is 6.08 Å². The second kappa shape index (κ2) is 6.22. The molecule has 0 saturated carbocycles. The van der Waals surface area contributed by atoms with Crippen molar-refractivity contribution in [1.82, 2.24) is 0 Å². The van der Waals surface area contributed by atoms with Gasteiger partial charge in [-0.05, 0) is 31.3 Å². The normalized spacial score (nSPS) is 15.3. The molecule has 0 nitrogen and oxygen atoms in total. The van der Waals surface area contributed by atoms with Crippen molar-refractivity contribution in [2.24, 2.45) is 11.8 Å². The van der Waals surface area contributed by atoms with Crippen LogP contribution < -0.4 is 0 Å². The van der Waals surface area contributed by atoms with E-state index in [0.717, 1.165) is 19.3 Å². The maximum Gasteiger partial charge on any atom is 0.0990 e. The van der Waals surface area contributed by atoms with E-state index in [1.807, 2.05) is 13.8 Å². The van der Waals surface area contributed by atoms with Crippen LogP contribution in [0, 0.1) is 11.8 Å². The van der Waals surface area contributed by atoms with Crippen LogP contribution in [0.5, 0.6) is 0 Å². The molecule has 0 saturated heterocycles. The average Bonchev–Trinajstić information content (AvgIpc) is 2.12. The monoisotopic (exact) mass is 172 g/mol. The molecule has 0 aromatic rings. The van der Waals surface area contributed by atoms with Gasteiger partial charge in [0, 0.05) is 5.92 Å². The highest BCUT2D eigenvalue weighted by Crippen LogP contribution is 2.20. The van der Waals surface area contributed by atoms with Crippen molar-refractivity contribution < 1.29 is 4.39 Å². The van der Waals surface area contributed by atoms with Gasteiger partial charge in [0.1, 0.15) is 0 Å². The SMILES string of the molecule is CCC(/C=C(/F)C(C)CC)CC. The number of hydrogen-bond acceptors (Lipinski definition) is 0. The molecule has 12 heavy (non-hydrogen) atoms. The second-order valence-electron chi connectivity index (χ2n) is 3.44. The zero-order valence-electron chi connectivity index (χ0n) is 8.73. The Morgan fingerprint density at radius 3 is 2.00 bits per heavy atom. The Morgan fingerprint density at radius 2 is 1.67 bits per heavy atom. The number of rotatable bonds is 5. The van der Waals surface area contributed by atoms with E-state index >= 15 is 0 Å².